The number of amides is 1. The Balaban J connectivity index is 1.35. The summed E-state index contributed by atoms with van der Waals surface area (Å²) in [5, 5.41) is 23.7. The second-order valence-corrected chi connectivity index (χ2v) is 9.13. The molecule has 3 N–H and O–H groups in total. The van der Waals surface area contributed by atoms with Crippen LogP contribution in [0.3, 0.4) is 0 Å². The maximum absolute atomic E-state index is 13.8. The van der Waals surface area contributed by atoms with Crippen molar-refractivity contribution in [3.05, 3.63) is 82.9 Å². The van der Waals surface area contributed by atoms with E-state index >= 15 is 0 Å². The molecule has 7 nitrogen and oxygen atoms in total. The zero-order valence-electron chi connectivity index (χ0n) is 19.4. The maximum atomic E-state index is 13.8. The molecule has 0 radical (unpaired) electrons. The molecule has 1 fully saturated rings. The fourth-order valence-electron chi connectivity index (χ4n) is 4.65. The third-order valence-corrected chi connectivity index (χ3v) is 6.32. The highest BCUT2D eigenvalue weighted by atomic mass is 19.3. The van der Waals surface area contributed by atoms with Crippen molar-refractivity contribution in [2.24, 2.45) is 0 Å². The summed E-state index contributed by atoms with van der Waals surface area (Å²) < 4.78 is 38.5. The fourth-order valence-corrected chi connectivity index (χ4v) is 4.65. The molecule has 0 saturated carbocycles. The van der Waals surface area contributed by atoms with Gasteiger partial charge in [-0.05, 0) is 22.8 Å². The molecule has 0 aliphatic carbocycles. The van der Waals surface area contributed by atoms with Gasteiger partial charge >= 0.3 is 0 Å². The number of aromatic hydroxyl groups is 2. The van der Waals surface area contributed by atoms with Crippen LogP contribution in [0.15, 0.2) is 60.7 Å². The third kappa shape index (κ3) is 5.06. The minimum Gasteiger partial charge on any atom is -0.508 e. The molecule has 1 unspecified atom stereocenters. The molecule has 36 heavy (non-hydrogen) atoms. The van der Waals surface area contributed by atoms with Gasteiger partial charge < -0.3 is 29.9 Å². The first-order valence-corrected chi connectivity index (χ1v) is 11.6. The van der Waals surface area contributed by atoms with Crippen molar-refractivity contribution in [3.63, 3.8) is 0 Å². The van der Waals surface area contributed by atoms with Crippen molar-refractivity contribution in [3.8, 4) is 17.2 Å². The fraction of sp³-hybridized carbons (Fsp3) is 0.296. The van der Waals surface area contributed by atoms with Gasteiger partial charge in [-0.1, -0.05) is 42.5 Å². The summed E-state index contributed by atoms with van der Waals surface area (Å²) in [6.45, 7) is 0.238. The van der Waals surface area contributed by atoms with E-state index in [2.05, 4.69) is 5.32 Å². The van der Waals surface area contributed by atoms with Crippen LogP contribution in [0, 0.1) is 0 Å². The summed E-state index contributed by atoms with van der Waals surface area (Å²) in [6.07, 6.45) is -0.331. The minimum atomic E-state index is -2.89. The second kappa shape index (κ2) is 9.66. The maximum Gasteiger partial charge on any atom is 0.273 e. The van der Waals surface area contributed by atoms with Crippen molar-refractivity contribution in [1.82, 2.24) is 4.90 Å². The first-order chi connectivity index (χ1) is 17.3. The number of rotatable bonds is 6. The molecule has 3 aromatic carbocycles. The predicted octanol–water partition coefficient (Wildman–Crippen LogP) is 4.67. The van der Waals surface area contributed by atoms with Crippen LogP contribution in [0.5, 0.6) is 17.2 Å². The van der Waals surface area contributed by atoms with Gasteiger partial charge in [0.15, 0.2) is 0 Å². The summed E-state index contributed by atoms with van der Waals surface area (Å²) >= 11 is 0. The highest BCUT2D eigenvalue weighted by molar-refractivity contribution is 6.00. The average molecular weight is 497 g/mol. The molecule has 5 rings (SSSR count). The lowest BCUT2D eigenvalue weighted by Gasteiger charge is -2.30. The minimum absolute atomic E-state index is 0.0497. The smallest absolute Gasteiger partial charge is 0.273 e. The number of nitrogens with zero attached hydrogens (tertiary/aromatic N) is 1. The quantitative estimate of drug-likeness (QED) is 0.460. The lowest BCUT2D eigenvalue weighted by atomic mass is 10.0. The van der Waals surface area contributed by atoms with Gasteiger partial charge in [-0.25, -0.2) is 8.78 Å². The predicted molar refractivity (Wildman–Crippen MR) is 128 cm³/mol. The summed E-state index contributed by atoms with van der Waals surface area (Å²) in [6, 6.07) is 16.7. The Bertz CT molecular complexity index is 1270. The molecule has 1 saturated heterocycles. The number of hydrogen-bond donors (Lipinski definition) is 3. The molecule has 1 amide bonds. The van der Waals surface area contributed by atoms with Crippen molar-refractivity contribution >= 4 is 11.6 Å². The Morgan fingerprint density at radius 3 is 2.69 bits per heavy atom. The van der Waals surface area contributed by atoms with Gasteiger partial charge in [0.05, 0.1) is 12.6 Å². The summed E-state index contributed by atoms with van der Waals surface area (Å²) in [7, 11) is 0. The number of hydrogen-bond acceptors (Lipinski definition) is 6. The zero-order valence-corrected chi connectivity index (χ0v) is 19.4. The van der Waals surface area contributed by atoms with Gasteiger partial charge in [0.1, 0.15) is 36.0 Å². The van der Waals surface area contributed by atoms with Gasteiger partial charge in [0, 0.05) is 37.3 Å². The van der Waals surface area contributed by atoms with Gasteiger partial charge in [-0.15, -0.1) is 0 Å². The second-order valence-electron chi connectivity index (χ2n) is 9.13. The molecular weight excluding hydrogens is 470 g/mol. The van der Waals surface area contributed by atoms with E-state index < -0.39 is 24.5 Å². The number of phenolic OH excluding ortho intramolecular Hbond substituents is 2. The van der Waals surface area contributed by atoms with Gasteiger partial charge in [0.2, 0.25) is 0 Å². The Morgan fingerprint density at radius 2 is 1.92 bits per heavy atom. The molecule has 2 aliphatic rings. The normalized spacial score (nSPS) is 18.5. The van der Waals surface area contributed by atoms with Crippen LogP contribution in [0.1, 0.15) is 33.5 Å². The van der Waals surface area contributed by atoms with E-state index in [0.29, 0.717) is 5.69 Å². The topological polar surface area (TPSA) is 91.3 Å². The van der Waals surface area contributed by atoms with Crippen LogP contribution in [0.25, 0.3) is 0 Å². The van der Waals surface area contributed by atoms with E-state index in [1.165, 1.54) is 6.07 Å². The molecule has 2 aliphatic heterocycles. The first kappa shape index (κ1) is 23.9. The zero-order chi connectivity index (χ0) is 25.3. The Labute approximate surface area is 206 Å². The summed E-state index contributed by atoms with van der Waals surface area (Å²) in [5.41, 5.74) is 3.18. The lowest BCUT2D eigenvalue weighted by Crippen LogP contribution is -2.42. The average Bonchev–Trinajstić information content (AvgIpc) is 3.28. The number of ether oxygens (including phenoxy) is 2. The monoisotopic (exact) mass is 496 g/mol. The Kier molecular flexibility index (Phi) is 6.40. The number of fused-ring (bicyclic) bond motifs is 1. The number of halogens is 2. The van der Waals surface area contributed by atoms with Gasteiger partial charge in [0.25, 0.3) is 11.8 Å². The van der Waals surface area contributed by atoms with E-state index in [4.69, 9.17) is 9.47 Å². The summed E-state index contributed by atoms with van der Waals surface area (Å²) in [4.78, 5) is 15.1. The van der Waals surface area contributed by atoms with Crippen LogP contribution in [-0.2, 0) is 24.4 Å². The van der Waals surface area contributed by atoms with Crippen molar-refractivity contribution in [2.45, 2.75) is 38.1 Å². The van der Waals surface area contributed by atoms with Crippen LogP contribution >= 0.6 is 0 Å². The number of phenols is 2. The van der Waals surface area contributed by atoms with E-state index in [-0.39, 0.29) is 55.5 Å². The first-order valence-electron chi connectivity index (χ1n) is 11.6. The largest absolute Gasteiger partial charge is 0.508 e. The van der Waals surface area contributed by atoms with Gasteiger partial charge in [-0.3, -0.25) is 4.79 Å². The van der Waals surface area contributed by atoms with Crippen LogP contribution in [0.4, 0.5) is 14.5 Å². The highest BCUT2D eigenvalue weighted by Gasteiger charge is 2.38. The van der Waals surface area contributed by atoms with Crippen molar-refractivity contribution in [2.75, 3.05) is 18.5 Å². The Hall–Kier alpha value is -3.85. The molecule has 0 bridgehead atoms. The molecular formula is C27H26F2N2O5. The number of benzene rings is 3. The molecule has 2 heterocycles. The van der Waals surface area contributed by atoms with Crippen LogP contribution < -0.4 is 10.1 Å². The van der Waals surface area contributed by atoms with Crippen molar-refractivity contribution < 1.29 is 33.3 Å². The van der Waals surface area contributed by atoms with Crippen LogP contribution in [-0.4, -0.2) is 46.2 Å². The number of nitrogens with one attached hydrogen (secondary N) is 1. The standard InChI is InChI=1S/C27H26F2N2O5/c28-27(29)11-19(15-35-16-27)30-22-8-4-7-18-12-31(13-21(18)22)26(34)25-23(33)9-20(32)10-24(25)36-14-17-5-2-1-3-6-17/h1-10,19,30,32-33H,11-16H2. The summed E-state index contributed by atoms with van der Waals surface area (Å²) in [5.74, 6) is -3.90. The third-order valence-electron chi connectivity index (χ3n) is 6.32. The molecule has 188 valence electrons. The van der Waals surface area contributed by atoms with E-state index in [0.717, 1.165) is 22.8 Å². The van der Waals surface area contributed by atoms with Gasteiger partial charge in [-0.2, -0.15) is 0 Å². The molecule has 0 spiro atoms. The molecule has 0 aromatic heterocycles. The molecule has 3 aromatic rings. The van der Waals surface area contributed by atoms with Crippen molar-refractivity contribution in [1.29, 1.82) is 0 Å². The SMILES string of the molecule is O=C(c1c(O)cc(O)cc1OCc1ccccc1)N1Cc2cccc(NC3COCC(F)(F)C3)c2C1. The Morgan fingerprint density at radius 1 is 1.11 bits per heavy atom. The number of anilines is 1. The van der Waals surface area contributed by atoms with E-state index in [1.807, 2.05) is 42.5 Å². The molecule has 9 heteroatoms. The number of carbonyl (C=O) groups excluding carboxylic acids is 1. The van der Waals surface area contributed by atoms with E-state index in [9.17, 15) is 23.8 Å². The highest BCUT2D eigenvalue weighted by Crippen LogP contribution is 2.38. The molecule has 1 atom stereocenters. The number of carbonyl (C=O) groups is 1. The lowest BCUT2D eigenvalue weighted by molar-refractivity contribution is -0.118. The van der Waals surface area contributed by atoms with E-state index in [1.54, 1.807) is 11.0 Å². The number of alkyl halides is 2. The van der Waals surface area contributed by atoms with Crippen LogP contribution in [0.2, 0.25) is 0 Å².